The number of hydrogen-bond donors (Lipinski definition) is 0. The SMILES string of the molecule is Cc1c(N2CCN(S(=O)(=O)c3ccc(F)c(F)c3)CC2)c(=O)n(C)c(=O)n1-c1ccccc1. The molecule has 8 nitrogen and oxygen atoms in total. The molecule has 1 fully saturated rings. The van der Waals surface area contributed by atoms with Crippen molar-refractivity contribution < 1.29 is 17.2 Å². The lowest BCUT2D eigenvalue weighted by molar-refractivity contribution is 0.383. The highest BCUT2D eigenvalue weighted by molar-refractivity contribution is 7.89. The molecule has 0 saturated carbocycles. The molecular formula is C22H22F2N4O4S. The zero-order valence-corrected chi connectivity index (χ0v) is 18.8. The summed E-state index contributed by atoms with van der Waals surface area (Å²) in [5, 5.41) is 0. The molecule has 0 unspecified atom stereocenters. The molecule has 174 valence electrons. The molecule has 2 heterocycles. The Morgan fingerprint density at radius 3 is 2.12 bits per heavy atom. The van der Waals surface area contributed by atoms with Gasteiger partial charge >= 0.3 is 5.69 Å². The topological polar surface area (TPSA) is 84.6 Å². The second-order valence-electron chi connectivity index (χ2n) is 7.72. The minimum atomic E-state index is -4.03. The molecule has 1 aliphatic rings. The highest BCUT2D eigenvalue weighted by atomic mass is 32.2. The number of para-hydroxylation sites is 1. The van der Waals surface area contributed by atoms with Crippen LogP contribution in [0, 0.1) is 18.6 Å². The number of sulfonamides is 1. The van der Waals surface area contributed by atoms with Crippen LogP contribution in [0.2, 0.25) is 0 Å². The Morgan fingerprint density at radius 1 is 0.879 bits per heavy atom. The fraction of sp³-hybridized carbons (Fsp3) is 0.273. The maximum atomic E-state index is 13.6. The van der Waals surface area contributed by atoms with Gasteiger partial charge in [-0.3, -0.25) is 13.9 Å². The smallest absolute Gasteiger partial charge is 0.335 e. The van der Waals surface area contributed by atoms with Gasteiger partial charge in [0.1, 0.15) is 5.69 Å². The number of aromatic nitrogens is 2. The van der Waals surface area contributed by atoms with Crippen molar-refractivity contribution in [1.82, 2.24) is 13.4 Å². The van der Waals surface area contributed by atoms with Gasteiger partial charge in [0.15, 0.2) is 11.6 Å². The van der Waals surface area contributed by atoms with Crippen molar-refractivity contribution in [2.24, 2.45) is 7.05 Å². The Labute approximate surface area is 189 Å². The van der Waals surface area contributed by atoms with Crippen molar-refractivity contribution in [1.29, 1.82) is 0 Å². The number of halogens is 2. The van der Waals surface area contributed by atoms with Gasteiger partial charge in [-0.1, -0.05) is 18.2 Å². The van der Waals surface area contributed by atoms with Crippen molar-refractivity contribution >= 4 is 15.7 Å². The molecule has 1 saturated heterocycles. The molecule has 11 heteroatoms. The molecule has 0 N–H and O–H groups in total. The summed E-state index contributed by atoms with van der Waals surface area (Å²) in [6.45, 7) is 2.12. The highest BCUT2D eigenvalue weighted by Crippen LogP contribution is 2.23. The highest BCUT2D eigenvalue weighted by Gasteiger charge is 2.31. The lowest BCUT2D eigenvalue weighted by Crippen LogP contribution is -2.52. The van der Waals surface area contributed by atoms with Gasteiger partial charge in [-0.2, -0.15) is 4.31 Å². The van der Waals surface area contributed by atoms with E-state index in [0.717, 1.165) is 16.7 Å². The van der Waals surface area contributed by atoms with Crippen LogP contribution in [0.4, 0.5) is 14.5 Å². The third-order valence-corrected chi connectivity index (χ3v) is 7.66. The largest absolute Gasteiger partial charge is 0.363 e. The van der Waals surface area contributed by atoms with Crippen molar-refractivity contribution in [3.8, 4) is 5.69 Å². The Morgan fingerprint density at radius 2 is 1.52 bits per heavy atom. The number of piperazine rings is 1. The average Bonchev–Trinajstić information content (AvgIpc) is 2.80. The van der Waals surface area contributed by atoms with E-state index in [1.54, 1.807) is 36.1 Å². The molecule has 4 rings (SSSR count). The van der Waals surface area contributed by atoms with E-state index in [1.807, 2.05) is 6.07 Å². The van der Waals surface area contributed by atoms with Gasteiger partial charge in [-0.25, -0.2) is 22.0 Å². The van der Waals surface area contributed by atoms with Gasteiger partial charge in [0.05, 0.1) is 16.3 Å². The van der Waals surface area contributed by atoms with Crippen molar-refractivity contribution in [3.05, 3.63) is 86.7 Å². The van der Waals surface area contributed by atoms with Gasteiger partial charge in [-0.15, -0.1) is 0 Å². The summed E-state index contributed by atoms with van der Waals surface area (Å²) in [5.74, 6) is -2.37. The summed E-state index contributed by atoms with van der Waals surface area (Å²) in [6, 6.07) is 11.4. The molecule has 3 aromatic rings. The Hall–Kier alpha value is -3.31. The number of anilines is 1. The fourth-order valence-corrected chi connectivity index (χ4v) is 5.42. The summed E-state index contributed by atoms with van der Waals surface area (Å²) in [7, 11) is -2.63. The van der Waals surface area contributed by atoms with Crippen LogP contribution in [0.3, 0.4) is 0 Å². The van der Waals surface area contributed by atoms with Gasteiger partial charge in [-0.05, 0) is 37.3 Å². The maximum Gasteiger partial charge on any atom is 0.335 e. The van der Waals surface area contributed by atoms with Gasteiger partial charge in [0.25, 0.3) is 5.56 Å². The van der Waals surface area contributed by atoms with Gasteiger partial charge in [0, 0.05) is 33.2 Å². The van der Waals surface area contributed by atoms with Gasteiger partial charge < -0.3 is 4.90 Å². The zero-order chi connectivity index (χ0) is 23.9. The van der Waals surface area contributed by atoms with Crippen LogP contribution in [0.25, 0.3) is 5.69 Å². The number of hydrogen-bond acceptors (Lipinski definition) is 5. The van der Waals surface area contributed by atoms with Crippen LogP contribution >= 0.6 is 0 Å². The van der Waals surface area contributed by atoms with Crippen LogP contribution in [0.1, 0.15) is 5.69 Å². The van der Waals surface area contributed by atoms with Crippen LogP contribution < -0.4 is 16.1 Å². The van der Waals surface area contributed by atoms with E-state index < -0.39 is 32.9 Å². The predicted molar refractivity (Wildman–Crippen MR) is 119 cm³/mol. The number of benzene rings is 2. The third-order valence-electron chi connectivity index (χ3n) is 5.76. The number of nitrogens with zero attached hydrogens (tertiary/aromatic N) is 4. The van der Waals surface area contributed by atoms with E-state index in [4.69, 9.17) is 0 Å². The summed E-state index contributed by atoms with van der Waals surface area (Å²) < 4.78 is 56.2. The molecule has 2 aromatic carbocycles. The van der Waals surface area contributed by atoms with E-state index in [0.29, 0.717) is 23.1 Å². The van der Waals surface area contributed by atoms with Crippen LogP contribution in [0.15, 0.2) is 63.0 Å². The summed E-state index contributed by atoms with van der Waals surface area (Å²) in [6.07, 6.45) is 0. The first-order valence-corrected chi connectivity index (χ1v) is 11.6. The van der Waals surface area contributed by atoms with E-state index >= 15 is 0 Å². The van der Waals surface area contributed by atoms with Crippen molar-refractivity contribution in [2.75, 3.05) is 31.1 Å². The lowest BCUT2D eigenvalue weighted by atomic mass is 10.2. The molecule has 0 aliphatic carbocycles. The predicted octanol–water partition coefficient (Wildman–Crippen LogP) is 1.63. The summed E-state index contributed by atoms with van der Waals surface area (Å²) in [4.78, 5) is 27.2. The van der Waals surface area contributed by atoms with Crippen molar-refractivity contribution in [3.63, 3.8) is 0 Å². The zero-order valence-electron chi connectivity index (χ0n) is 18.0. The molecule has 0 bridgehead atoms. The second kappa shape index (κ2) is 8.56. The Kier molecular flexibility index (Phi) is 5.93. The third kappa shape index (κ3) is 3.98. The fourth-order valence-electron chi connectivity index (χ4n) is 3.98. The molecule has 0 radical (unpaired) electrons. The minimum Gasteiger partial charge on any atom is -0.363 e. The van der Waals surface area contributed by atoms with Gasteiger partial charge in [0.2, 0.25) is 10.0 Å². The molecule has 0 atom stereocenters. The first kappa shape index (κ1) is 22.9. The number of rotatable bonds is 4. The molecule has 1 aromatic heterocycles. The standard InChI is InChI=1S/C22H22F2N4O4S/c1-15-20(21(29)25(2)22(30)28(15)16-6-4-3-5-7-16)26-10-12-27(13-11-26)33(31,32)17-8-9-18(23)19(24)14-17/h3-9,14H,10-13H2,1-2H3. The summed E-state index contributed by atoms with van der Waals surface area (Å²) >= 11 is 0. The average molecular weight is 477 g/mol. The van der Waals surface area contributed by atoms with E-state index in [-0.39, 0.29) is 31.1 Å². The first-order chi connectivity index (χ1) is 15.6. The van der Waals surface area contributed by atoms with Crippen LogP contribution in [-0.2, 0) is 17.1 Å². The molecular weight excluding hydrogens is 454 g/mol. The lowest BCUT2D eigenvalue weighted by Gasteiger charge is -2.36. The van der Waals surface area contributed by atoms with E-state index in [1.165, 1.54) is 15.9 Å². The quantitative estimate of drug-likeness (QED) is 0.572. The maximum absolute atomic E-state index is 13.6. The van der Waals surface area contributed by atoms with E-state index in [2.05, 4.69) is 0 Å². The Balaban J connectivity index is 1.66. The van der Waals surface area contributed by atoms with Crippen LogP contribution in [-0.4, -0.2) is 48.0 Å². The first-order valence-electron chi connectivity index (χ1n) is 10.2. The summed E-state index contributed by atoms with van der Waals surface area (Å²) in [5.41, 5.74) is 0.419. The molecule has 0 spiro atoms. The van der Waals surface area contributed by atoms with Crippen LogP contribution in [0.5, 0.6) is 0 Å². The monoisotopic (exact) mass is 476 g/mol. The normalized spacial score (nSPS) is 15.1. The van der Waals surface area contributed by atoms with E-state index in [9.17, 15) is 26.8 Å². The molecule has 33 heavy (non-hydrogen) atoms. The molecule has 1 aliphatic heterocycles. The van der Waals surface area contributed by atoms with Crippen molar-refractivity contribution in [2.45, 2.75) is 11.8 Å². The minimum absolute atomic E-state index is 0.0361. The molecule has 0 amide bonds. The Bertz CT molecular complexity index is 1430. The second-order valence-corrected chi connectivity index (χ2v) is 9.66.